The van der Waals surface area contributed by atoms with E-state index in [1.807, 2.05) is 0 Å². The molecule has 0 spiro atoms. The summed E-state index contributed by atoms with van der Waals surface area (Å²) in [6, 6.07) is -0.427. The molecule has 1 aromatic heterocycles. The minimum Gasteiger partial charge on any atom is -0.354 e. The van der Waals surface area contributed by atoms with Crippen molar-refractivity contribution >= 4 is 11.8 Å². The van der Waals surface area contributed by atoms with E-state index in [-0.39, 0.29) is 18.4 Å². The maximum absolute atomic E-state index is 12.2. The van der Waals surface area contributed by atoms with E-state index in [9.17, 15) is 9.59 Å². The Kier molecular flexibility index (Phi) is 3.36. The Hall–Kier alpha value is -1.92. The first kappa shape index (κ1) is 11.6. The molecule has 1 aliphatic rings. The van der Waals surface area contributed by atoms with Gasteiger partial charge in [-0.1, -0.05) is 0 Å². The minimum atomic E-state index is -0.427. The third-order valence-electron chi connectivity index (χ3n) is 2.76. The van der Waals surface area contributed by atoms with Crippen LogP contribution in [0.5, 0.6) is 0 Å². The second-order valence-corrected chi connectivity index (χ2v) is 4.01. The van der Waals surface area contributed by atoms with E-state index < -0.39 is 6.04 Å². The number of carbonyl (C=O) groups is 2. The Morgan fingerprint density at radius 3 is 3.12 bits per heavy atom. The van der Waals surface area contributed by atoms with E-state index in [2.05, 4.69) is 15.4 Å². The second kappa shape index (κ2) is 4.94. The Balaban J connectivity index is 2.05. The van der Waals surface area contributed by atoms with Crippen molar-refractivity contribution in [3.8, 4) is 0 Å². The van der Waals surface area contributed by atoms with Gasteiger partial charge < -0.3 is 10.2 Å². The fourth-order valence-electron chi connectivity index (χ4n) is 1.79. The van der Waals surface area contributed by atoms with E-state index in [0.29, 0.717) is 13.1 Å². The summed E-state index contributed by atoms with van der Waals surface area (Å²) in [6.45, 7) is 3.09. The summed E-state index contributed by atoms with van der Waals surface area (Å²) in [5.74, 6) is -0.214. The molecule has 7 nitrogen and oxygen atoms in total. The first-order valence-electron chi connectivity index (χ1n) is 5.58. The first-order valence-corrected chi connectivity index (χ1v) is 5.58. The molecule has 0 aromatic carbocycles. The molecule has 1 fully saturated rings. The van der Waals surface area contributed by atoms with Gasteiger partial charge in [-0.3, -0.25) is 9.59 Å². The van der Waals surface area contributed by atoms with Gasteiger partial charge in [-0.15, -0.1) is 0 Å². The average molecular weight is 237 g/mol. The van der Waals surface area contributed by atoms with Crippen LogP contribution < -0.4 is 5.32 Å². The van der Waals surface area contributed by atoms with Crippen LogP contribution in [-0.4, -0.2) is 51.1 Å². The summed E-state index contributed by atoms with van der Waals surface area (Å²) in [5, 5.41) is 6.67. The summed E-state index contributed by atoms with van der Waals surface area (Å²) in [4.78, 5) is 28.9. The van der Waals surface area contributed by atoms with Gasteiger partial charge in [0, 0.05) is 13.1 Å². The molecular weight excluding hydrogens is 222 g/mol. The van der Waals surface area contributed by atoms with Gasteiger partial charge in [0.15, 0.2) is 0 Å². The number of aromatic nitrogens is 3. The van der Waals surface area contributed by atoms with Crippen LogP contribution in [0.15, 0.2) is 12.7 Å². The van der Waals surface area contributed by atoms with Crippen molar-refractivity contribution in [2.24, 2.45) is 0 Å². The molecule has 2 heterocycles. The summed E-state index contributed by atoms with van der Waals surface area (Å²) in [6.07, 6.45) is 3.67. The molecule has 2 rings (SSSR count). The first-order chi connectivity index (χ1) is 8.18. The molecule has 1 unspecified atom stereocenters. The van der Waals surface area contributed by atoms with Crippen LogP contribution in [-0.2, 0) is 9.59 Å². The average Bonchev–Trinajstić information content (AvgIpc) is 2.77. The number of nitrogens with zero attached hydrogens (tertiary/aromatic N) is 4. The molecule has 7 heteroatoms. The van der Waals surface area contributed by atoms with Gasteiger partial charge in [-0.25, -0.2) is 9.67 Å². The van der Waals surface area contributed by atoms with Crippen LogP contribution in [0.3, 0.4) is 0 Å². The fraction of sp³-hybridized carbons (Fsp3) is 0.600. The number of nitrogens with one attached hydrogen (secondary N) is 1. The number of amides is 2. The number of hydrogen-bond acceptors (Lipinski definition) is 4. The van der Waals surface area contributed by atoms with E-state index in [1.54, 1.807) is 11.8 Å². The zero-order chi connectivity index (χ0) is 12.3. The van der Waals surface area contributed by atoms with Crippen LogP contribution in [0, 0.1) is 0 Å². The van der Waals surface area contributed by atoms with Gasteiger partial charge >= 0.3 is 0 Å². The Morgan fingerprint density at radius 2 is 2.41 bits per heavy atom. The van der Waals surface area contributed by atoms with Crippen LogP contribution in [0.4, 0.5) is 0 Å². The zero-order valence-electron chi connectivity index (χ0n) is 9.67. The van der Waals surface area contributed by atoms with Crippen LogP contribution in [0.2, 0.25) is 0 Å². The van der Waals surface area contributed by atoms with E-state index in [4.69, 9.17) is 0 Å². The van der Waals surface area contributed by atoms with Gasteiger partial charge in [-0.2, -0.15) is 5.10 Å². The molecule has 1 aromatic rings. The SMILES string of the molecule is CC(C(=O)N1CCCNC(=O)C1)n1cncn1. The lowest BCUT2D eigenvalue weighted by Crippen LogP contribution is -2.40. The standard InChI is InChI=1S/C10H15N5O2/c1-8(15-7-11-6-13-15)10(17)14-4-2-3-12-9(16)5-14/h6-8H,2-5H2,1H3,(H,12,16). The summed E-state index contributed by atoms with van der Waals surface area (Å²) >= 11 is 0. The molecule has 17 heavy (non-hydrogen) atoms. The van der Waals surface area contributed by atoms with Crippen LogP contribution in [0.25, 0.3) is 0 Å². The van der Waals surface area contributed by atoms with Gasteiger partial charge in [0.25, 0.3) is 0 Å². The summed E-state index contributed by atoms with van der Waals surface area (Å²) in [7, 11) is 0. The predicted molar refractivity (Wildman–Crippen MR) is 58.9 cm³/mol. The molecule has 0 aliphatic carbocycles. The molecule has 1 N–H and O–H groups in total. The fourth-order valence-corrected chi connectivity index (χ4v) is 1.79. The highest BCUT2D eigenvalue weighted by molar-refractivity contribution is 5.86. The largest absolute Gasteiger partial charge is 0.354 e. The Labute approximate surface area is 98.8 Å². The van der Waals surface area contributed by atoms with Gasteiger partial charge in [-0.05, 0) is 13.3 Å². The van der Waals surface area contributed by atoms with Gasteiger partial charge in [0.05, 0.1) is 6.54 Å². The highest BCUT2D eigenvalue weighted by Gasteiger charge is 2.25. The predicted octanol–water partition coefficient (Wildman–Crippen LogP) is -0.812. The highest BCUT2D eigenvalue weighted by Crippen LogP contribution is 2.09. The van der Waals surface area contributed by atoms with Gasteiger partial charge in [0.2, 0.25) is 11.8 Å². The topological polar surface area (TPSA) is 80.1 Å². The number of hydrogen-bond donors (Lipinski definition) is 1. The van der Waals surface area contributed by atoms with E-state index in [1.165, 1.54) is 17.3 Å². The molecule has 2 amide bonds. The molecule has 92 valence electrons. The normalized spacial score (nSPS) is 18.4. The molecule has 1 atom stereocenters. The lowest BCUT2D eigenvalue weighted by Gasteiger charge is -2.22. The second-order valence-electron chi connectivity index (χ2n) is 4.01. The Bertz CT molecular complexity index is 403. The minimum absolute atomic E-state index is 0.104. The number of rotatable bonds is 2. The van der Waals surface area contributed by atoms with Crippen molar-refractivity contribution in [3.05, 3.63) is 12.7 Å². The van der Waals surface area contributed by atoms with Crippen LogP contribution in [0.1, 0.15) is 19.4 Å². The molecule has 0 saturated carbocycles. The summed E-state index contributed by atoms with van der Waals surface area (Å²) in [5.41, 5.74) is 0. The van der Waals surface area contributed by atoms with Gasteiger partial charge in [0.1, 0.15) is 18.7 Å². The van der Waals surface area contributed by atoms with Crippen molar-refractivity contribution in [1.29, 1.82) is 0 Å². The van der Waals surface area contributed by atoms with Crippen molar-refractivity contribution < 1.29 is 9.59 Å². The quantitative estimate of drug-likeness (QED) is 0.729. The monoisotopic (exact) mass is 237 g/mol. The van der Waals surface area contributed by atoms with Crippen molar-refractivity contribution in [1.82, 2.24) is 25.0 Å². The third-order valence-corrected chi connectivity index (χ3v) is 2.76. The van der Waals surface area contributed by atoms with E-state index >= 15 is 0 Å². The highest BCUT2D eigenvalue weighted by atomic mass is 16.2. The Morgan fingerprint density at radius 1 is 1.59 bits per heavy atom. The third kappa shape index (κ3) is 2.61. The smallest absolute Gasteiger partial charge is 0.247 e. The maximum atomic E-state index is 12.2. The molecular formula is C10H15N5O2. The summed E-state index contributed by atoms with van der Waals surface area (Å²) < 4.78 is 1.49. The van der Waals surface area contributed by atoms with Crippen molar-refractivity contribution in [2.75, 3.05) is 19.6 Å². The zero-order valence-corrected chi connectivity index (χ0v) is 9.67. The van der Waals surface area contributed by atoms with E-state index in [0.717, 1.165) is 6.42 Å². The number of carbonyl (C=O) groups excluding carboxylic acids is 2. The molecule has 1 saturated heterocycles. The lowest BCUT2D eigenvalue weighted by molar-refractivity contribution is -0.137. The molecule has 0 bridgehead atoms. The van der Waals surface area contributed by atoms with Crippen molar-refractivity contribution in [2.45, 2.75) is 19.4 Å². The van der Waals surface area contributed by atoms with Crippen LogP contribution >= 0.6 is 0 Å². The molecule has 1 aliphatic heterocycles. The maximum Gasteiger partial charge on any atom is 0.247 e. The van der Waals surface area contributed by atoms with Crippen molar-refractivity contribution in [3.63, 3.8) is 0 Å². The molecule has 0 radical (unpaired) electrons. The lowest BCUT2D eigenvalue weighted by atomic mass is 10.2.